The van der Waals surface area contributed by atoms with Gasteiger partial charge in [0, 0.05) is 32.2 Å². The van der Waals surface area contributed by atoms with E-state index in [1.54, 1.807) is 0 Å². The maximum absolute atomic E-state index is 4.80. The number of guanidine groups is 1. The van der Waals surface area contributed by atoms with E-state index in [0.29, 0.717) is 11.5 Å². The number of hydrogen-bond acceptors (Lipinski definition) is 2. The smallest absolute Gasteiger partial charge is 0.191 e. The van der Waals surface area contributed by atoms with Crippen LogP contribution >= 0.6 is 24.0 Å². The first-order valence-corrected chi connectivity index (χ1v) is 8.25. The van der Waals surface area contributed by atoms with E-state index in [9.17, 15) is 0 Å². The van der Waals surface area contributed by atoms with Crippen molar-refractivity contribution in [1.82, 2.24) is 15.5 Å². The van der Waals surface area contributed by atoms with Gasteiger partial charge in [-0.2, -0.15) is 0 Å². The minimum absolute atomic E-state index is 0. The Kier molecular flexibility index (Phi) is 10.6. The fourth-order valence-corrected chi connectivity index (χ4v) is 2.50. The van der Waals surface area contributed by atoms with Crippen molar-refractivity contribution in [3.8, 4) is 0 Å². The molecule has 5 heteroatoms. The third kappa shape index (κ3) is 7.17. The van der Waals surface area contributed by atoms with Crippen LogP contribution in [-0.2, 0) is 0 Å². The molecular formula is C16H35IN4. The van der Waals surface area contributed by atoms with Crippen LogP contribution in [-0.4, -0.2) is 50.1 Å². The Morgan fingerprint density at radius 3 is 2.33 bits per heavy atom. The van der Waals surface area contributed by atoms with Gasteiger partial charge in [-0.15, -0.1) is 24.0 Å². The Morgan fingerprint density at radius 1 is 1.24 bits per heavy atom. The second-order valence-electron chi connectivity index (χ2n) is 6.40. The lowest BCUT2D eigenvalue weighted by Gasteiger charge is -2.40. The fraction of sp³-hybridized carbons (Fsp3) is 0.938. The van der Waals surface area contributed by atoms with E-state index in [1.165, 1.54) is 25.7 Å². The Balaban J connectivity index is 0.00000400. The molecule has 0 aliphatic heterocycles. The Hall–Kier alpha value is -0.0400. The van der Waals surface area contributed by atoms with Crippen molar-refractivity contribution in [2.45, 2.75) is 59.4 Å². The van der Waals surface area contributed by atoms with Gasteiger partial charge in [-0.25, -0.2) is 0 Å². The van der Waals surface area contributed by atoms with Crippen molar-refractivity contribution in [3.63, 3.8) is 0 Å². The molecule has 126 valence electrons. The van der Waals surface area contributed by atoms with Gasteiger partial charge in [-0.3, -0.25) is 4.99 Å². The molecule has 0 bridgehead atoms. The Morgan fingerprint density at radius 2 is 1.90 bits per heavy atom. The van der Waals surface area contributed by atoms with Crippen molar-refractivity contribution in [1.29, 1.82) is 0 Å². The normalized spacial score (nSPS) is 17.4. The lowest BCUT2D eigenvalue weighted by atomic mass is 9.67. The van der Waals surface area contributed by atoms with Gasteiger partial charge in [0.05, 0.1) is 0 Å². The first kappa shape index (κ1) is 21.0. The van der Waals surface area contributed by atoms with Crippen molar-refractivity contribution >= 4 is 29.9 Å². The molecule has 0 unspecified atom stereocenters. The van der Waals surface area contributed by atoms with Gasteiger partial charge in [-0.05, 0) is 52.5 Å². The molecule has 0 saturated heterocycles. The van der Waals surface area contributed by atoms with E-state index < -0.39 is 0 Å². The summed E-state index contributed by atoms with van der Waals surface area (Å²) < 4.78 is 0. The molecule has 0 atom stereocenters. The summed E-state index contributed by atoms with van der Waals surface area (Å²) in [5.41, 5.74) is 0.497. The number of hydrogen-bond donors (Lipinski definition) is 2. The van der Waals surface area contributed by atoms with E-state index in [1.807, 2.05) is 0 Å². The van der Waals surface area contributed by atoms with Crippen molar-refractivity contribution in [2.24, 2.45) is 10.4 Å². The highest BCUT2D eigenvalue weighted by Crippen LogP contribution is 2.43. The summed E-state index contributed by atoms with van der Waals surface area (Å²) in [6.45, 7) is 12.7. The lowest BCUT2D eigenvalue weighted by Crippen LogP contribution is -2.43. The van der Waals surface area contributed by atoms with Crippen LogP contribution < -0.4 is 10.6 Å². The second-order valence-corrected chi connectivity index (χ2v) is 6.40. The number of likely N-dealkylation sites (N-methyl/N-ethyl adjacent to an activating group) is 1. The zero-order valence-electron chi connectivity index (χ0n) is 14.5. The summed E-state index contributed by atoms with van der Waals surface area (Å²) in [5.74, 6) is 0.976. The molecule has 2 N–H and O–H groups in total. The maximum Gasteiger partial charge on any atom is 0.191 e. The summed E-state index contributed by atoms with van der Waals surface area (Å²) in [7, 11) is 2.16. The van der Waals surface area contributed by atoms with Crippen molar-refractivity contribution in [2.75, 3.05) is 33.2 Å². The number of aliphatic imine (C=N–C) groups is 1. The van der Waals surface area contributed by atoms with Gasteiger partial charge in [0.2, 0.25) is 0 Å². The fourth-order valence-electron chi connectivity index (χ4n) is 2.50. The summed E-state index contributed by atoms with van der Waals surface area (Å²) in [6, 6.07) is 0.592. The van der Waals surface area contributed by atoms with Crippen LogP contribution in [0.4, 0.5) is 0 Å². The van der Waals surface area contributed by atoms with Crippen LogP contribution in [0.2, 0.25) is 0 Å². The minimum atomic E-state index is 0. The highest BCUT2D eigenvalue weighted by Gasteiger charge is 2.34. The van der Waals surface area contributed by atoms with Crippen LogP contribution in [0, 0.1) is 5.41 Å². The molecule has 0 heterocycles. The molecule has 0 aromatic carbocycles. The van der Waals surface area contributed by atoms with Gasteiger partial charge in [0.15, 0.2) is 5.96 Å². The number of rotatable bonds is 8. The molecule has 0 aromatic rings. The molecule has 0 spiro atoms. The predicted octanol–water partition coefficient (Wildman–Crippen LogP) is 3.08. The van der Waals surface area contributed by atoms with E-state index in [0.717, 1.165) is 32.1 Å². The number of halogens is 1. The zero-order chi connectivity index (χ0) is 15.0. The molecule has 0 aromatic heterocycles. The van der Waals surface area contributed by atoms with Crippen molar-refractivity contribution in [3.05, 3.63) is 0 Å². The average molecular weight is 410 g/mol. The lowest BCUT2D eigenvalue weighted by molar-refractivity contribution is 0.139. The second kappa shape index (κ2) is 10.6. The highest BCUT2D eigenvalue weighted by molar-refractivity contribution is 14.0. The molecule has 0 radical (unpaired) electrons. The van der Waals surface area contributed by atoms with Gasteiger partial charge in [-0.1, -0.05) is 13.3 Å². The van der Waals surface area contributed by atoms with Gasteiger partial charge in [0.1, 0.15) is 0 Å². The Labute approximate surface area is 148 Å². The molecule has 4 nitrogen and oxygen atoms in total. The van der Waals surface area contributed by atoms with Crippen LogP contribution in [0.15, 0.2) is 4.99 Å². The zero-order valence-corrected chi connectivity index (χ0v) is 16.9. The van der Waals surface area contributed by atoms with Crippen molar-refractivity contribution < 1.29 is 0 Å². The summed E-state index contributed by atoms with van der Waals surface area (Å²) in [4.78, 5) is 7.14. The number of nitrogens with zero attached hydrogens (tertiary/aromatic N) is 2. The molecule has 1 saturated carbocycles. The van der Waals surface area contributed by atoms with Crippen LogP contribution in [0.25, 0.3) is 0 Å². The van der Waals surface area contributed by atoms with Crippen LogP contribution in [0.3, 0.4) is 0 Å². The largest absolute Gasteiger partial charge is 0.357 e. The Bertz CT molecular complexity index is 295. The first-order chi connectivity index (χ1) is 9.53. The monoisotopic (exact) mass is 410 g/mol. The standard InChI is InChI=1S/C16H34N4.HI/c1-6-16(9-8-10-16)13-19-15(17-7-2)18-11-12-20(5)14(3)4;/h14H,6-13H2,1-5H3,(H2,17,18,19);1H. The van der Waals surface area contributed by atoms with Crippen LogP contribution in [0.1, 0.15) is 53.4 Å². The topological polar surface area (TPSA) is 39.7 Å². The predicted molar refractivity (Wildman–Crippen MR) is 104 cm³/mol. The minimum Gasteiger partial charge on any atom is -0.357 e. The average Bonchev–Trinajstić information content (AvgIpc) is 2.37. The quantitative estimate of drug-likeness (QED) is 0.367. The summed E-state index contributed by atoms with van der Waals surface area (Å²) in [5, 5.41) is 6.80. The first-order valence-electron chi connectivity index (χ1n) is 8.25. The highest BCUT2D eigenvalue weighted by atomic mass is 127. The molecule has 1 fully saturated rings. The van der Waals surface area contributed by atoms with E-state index in [2.05, 4.69) is 50.3 Å². The van der Waals surface area contributed by atoms with E-state index in [-0.39, 0.29) is 24.0 Å². The maximum atomic E-state index is 4.80. The van der Waals surface area contributed by atoms with Gasteiger partial charge in [0.25, 0.3) is 0 Å². The molecule has 1 aliphatic rings. The molecule has 1 rings (SSSR count). The summed E-state index contributed by atoms with van der Waals surface area (Å²) in [6.07, 6.45) is 5.34. The van der Waals surface area contributed by atoms with Gasteiger partial charge >= 0.3 is 0 Å². The third-order valence-corrected chi connectivity index (χ3v) is 4.72. The van der Waals surface area contributed by atoms with E-state index >= 15 is 0 Å². The molecular weight excluding hydrogens is 375 g/mol. The third-order valence-electron chi connectivity index (χ3n) is 4.72. The van der Waals surface area contributed by atoms with Gasteiger partial charge < -0.3 is 15.5 Å². The van der Waals surface area contributed by atoms with Crippen LogP contribution in [0.5, 0.6) is 0 Å². The van der Waals surface area contributed by atoms with E-state index in [4.69, 9.17) is 4.99 Å². The molecule has 0 amide bonds. The molecule has 1 aliphatic carbocycles. The number of nitrogens with one attached hydrogen (secondary N) is 2. The summed E-state index contributed by atoms with van der Waals surface area (Å²) >= 11 is 0. The molecule has 21 heavy (non-hydrogen) atoms. The SMILES string of the molecule is CCNC(=NCC1(CC)CCC1)NCCN(C)C(C)C.I.